The molecule has 1 aromatic carbocycles. The average Bonchev–Trinajstić information content (AvgIpc) is 3.14. The monoisotopic (exact) mass is 375 g/mol. The molecule has 0 aliphatic carbocycles. The second-order valence-corrected chi connectivity index (χ2v) is 7.16. The van der Waals surface area contributed by atoms with Gasteiger partial charge in [0.1, 0.15) is 5.70 Å². The topological polar surface area (TPSA) is 63.3 Å². The molecule has 2 fully saturated rings. The summed E-state index contributed by atoms with van der Waals surface area (Å²) in [5.74, 6) is 1.27. The summed E-state index contributed by atoms with van der Waals surface area (Å²) < 4.78 is 16.4. The minimum absolute atomic E-state index is 0.125. The Labute approximate surface area is 157 Å². The van der Waals surface area contributed by atoms with Crippen LogP contribution in [0.3, 0.4) is 0 Å². The Morgan fingerprint density at radius 3 is 2.73 bits per heavy atom. The first-order valence-corrected chi connectivity index (χ1v) is 9.02. The number of nitrogens with one attached hydrogen (secondary N) is 1. The van der Waals surface area contributed by atoms with Crippen LogP contribution in [0, 0.1) is 0 Å². The number of rotatable bonds is 3. The van der Waals surface area contributed by atoms with Crippen LogP contribution in [0.4, 0.5) is 0 Å². The maximum Gasteiger partial charge on any atom is 0.277 e. The fourth-order valence-electron chi connectivity index (χ4n) is 3.47. The van der Waals surface area contributed by atoms with Crippen LogP contribution >= 0.6 is 12.2 Å². The molecular weight excluding hydrogens is 354 g/mol. The lowest BCUT2D eigenvalue weighted by Gasteiger charge is -2.36. The minimum Gasteiger partial charge on any atom is -0.454 e. The van der Waals surface area contributed by atoms with E-state index in [2.05, 4.69) is 10.2 Å². The number of hydrogen-bond acceptors (Lipinski definition) is 6. The molecule has 3 aliphatic heterocycles. The van der Waals surface area contributed by atoms with E-state index in [1.165, 1.54) is 0 Å². The summed E-state index contributed by atoms with van der Waals surface area (Å²) in [5, 5.41) is 3.45. The SMILES string of the molecule is C[C@@H]1CN(CN2C(=O)/C(=C\c3ccc4c(c3)OCO4)NC2=S)C[C@H](C)O1. The quantitative estimate of drug-likeness (QED) is 0.635. The van der Waals surface area contributed by atoms with E-state index in [0.29, 0.717) is 29.0 Å². The van der Waals surface area contributed by atoms with Crippen LogP contribution in [0.15, 0.2) is 23.9 Å². The van der Waals surface area contributed by atoms with Crippen molar-refractivity contribution in [1.82, 2.24) is 15.1 Å². The molecule has 1 aromatic rings. The van der Waals surface area contributed by atoms with Gasteiger partial charge in [-0.2, -0.15) is 0 Å². The lowest BCUT2D eigenvalue weighted by atomic mass is 10.1. The summed E-state index contributed by atoms with van der Waals surface area (Å²) >= 11 is 5.37. The number of carbonyl (C=O) groups excluding carboxylic acids is 1. The fourth-order valence-corrected chi connectivity index (χ4v) is 3.72. The summed E-state index contributed by atoms with van der Waals surface area (Å²) in [4.78, 5) is 16.6. The number of hydrogen-bond donors (Lipinski definition) is 1. The van der Waals surface area contributed by atoms with Crippen molar-refractivity contribution in [1.29, 1.82) is 0 Å². The summed E-state index contributed by atoms with van der Waals surface area (Å²) in [6.07, 6.45) is 2.06. The number of carbonyl (C=O) groups is 1. The van der Waals surface area contributed by atoms with Gasteiger partial charge in [-0.3, -0.25) is 14.6 Å². The smallest absolute Gasteiger partial charge is 0.277 e. The lowest BCUT2D eigenvalue weighted by molar-refractivity contribution is -0.126. The van der Waals surface area contributed by atoms with E-state index < -0.39 is 0 Å². The number of fused-ring (bicyclic) bond motifs is 1. The molecule has 0 unspecified atom stereocenters. The second-order valence-electron chi connectivity index (χ2n) is 6.77. The van der Waals surface area contributed by atoms with Gasteiger partial charge < -0.3 is 19.5 Å². The van der Waals surface area contributed by atoms with E-state index in [9.17, 15) is 4.79 Å². The van der Waals surface area contributed by atoms with Gasteiger partial charge in [0.2, 0.25) is 6.79 Å². The maximum atomic E-state index is 12.8. The molecule has 8 heteroatoms. The minimum atomic E-state index is -0.125. The van der Waals surface area contributed by atoms with E-state index in [-0.39, 0.29) is 24.9 Å². The third-order valence-electron chi connectivity index (χ3n) is 4.51. The number of amides is 1. The van der Waals surface area contributed by atoms with Gasteiger partial charge in [0.05, 0.1) is 18.9 Å². The molecule has 0 saturated carbocycles. The zero-order valence-corrected chi connectivity index (χ0v) is 15.5. The molecule has 0 aromatic heterocycles. The van der Waals surface area contributed by atoms with E-state index in [1.54, 1.807) is 11.0 Å². The van der Waals surface area contributed by atoms with Crippen LogP contribution in [0.25, 0.3) is 6.08 Å². The number of morpholine rings is 1. The Hall–Kier alpha value is -2.16. The zero-order chi connectivity index (χ0) is 18.3. The van der Waals surface area contributed by atoms with Crippen LogP contribution in [-0.2, 0) is 9.53 Å². The highest BCUT2D eigenvalue weighted by atomic mass is 32.1. The first-order valence-electron chi connectivity index (χ1n) is 8.61. The molecule has 3 heterocycles. The molecule has 4 rings (SSSR count). The first kappa shape index (κ1) is 17.3. The Balaban J connectivity index is 1.48. The molecule has 7 nitrogen and oxygen atoms in total. The summed E-state index contributed by atoms with van der Waals surface area (Å²) in [6, 6.07) is 5.56. The van der Waals surface area contributed by atoms with Crippen LogP contribution < -0.4 is 14.8 Å². The van der Waals surface area contributed by atoms with Crippen LogP contribution in [0.5, 0.6) is 11.5 Å². The molecule has 0 bridgehead atoms. The largest absolute Gasteiger partial charge is 0.454 e. The van der Waals surface area contributed by atoms with Crippen molar-refractivity contribution >= 4 is 29.3 Å². The van der Waals surface area contributed by atoms with Crippen molar-refractivity contribution in [2.24, 2.45) is 0 Å². The van der Waals surface area contributed by atoms with Crippen LogP contribution in [0.1, 0.15) is 19.4 Å². The molecule has 2 atom stereocenters. The highest BCUT2D eigenvalue weighted by molar-refractivity contribution is 7.80. The molecular formula is C18H21N3O4S. The molecule has 0 spiro atoms. The molecule has 1 amide bonds. The van der Waals surface area contributed by atoms with Crippen molar-refractivity contribution in [2.45, 2.75) is 26.1 Å². The molecule has 138 valence electrons. The number of nitrogens with zero attached hydrogens (tertiary/aromatic N) is 2. The van der Waals surface area contributed by atoms with E-state index in [1.807, 2.05) is 32.0 Å². The predicted octanol–water partition coefficient (Wildman–Crippen LogP) is 1.54. The standard InChI is InChI=1S/C18H21N3O4S/c1-11-7-20(8-12(2)25-11)9-21-17(22)14(19-18(21)26)5-13-3-4-15-16(6-13)24-10-23-15/h3-6,11-12H,7-10H2,1-2H3,(H,19,26)/b14-5+/t11-,12+. The Morgan fingerprint density at radius 1 is 1.23 bits per heavy atom. The molecule has 2 saturated heterocycles. The fraction of sp³-hybridized carbons (Fsp3) is 0.444. The van der Waals surface area contributed by atoms with Crippen LogP contribution in [-0.4, -0.2) is 59.6 Å². The number of benzene rings is 1. The Bertz CT molecular complexity index is 772. The molecule has 1 N–H and O–H groups in total. The van der Waals surface area contributed by atoms with Gasteiger partial charge in [-0.1, -0.05) is 6.07 Å². The van der Waals surface area contributed by atoms with Crippen molar-refractivity contribution < 1.29 is 19.0 Å². The highest BCUT2D eigenvalue weighted by Crippen LogP contribution is 2.33. The van der Waals surface area contributed by atoms with Gasteiger partial charge in [-0.25, -0.2) is 0 Å². The number of ether oxygens (including phenoxy) is 3. The predicted molar refractivity (Wildman–Crippen MR) is 99.6 cm³/mol. The third-order valence-corrected chi connectivity index (χ3v) is 4.83. The van der Waals surface area contributed by atoms with Gasteiger partial charge in [-0.15, -0.1) is 0 Å². The highest BCUT2D eigenvalue weighted by Gasteiger charge is 2.33. The Morgan fingerprint density at radius 2 is 1.96 bits per heavy atom. The molecule has 0 radical (unpaired) electrons. The zero-order valence-electron chi connectivity index (χ0n) is 14.7. The first-order chi connectivity index (χ1) is 12.5. The summed E-state index contributed by atoms with van der Waals surface area (Å²) in [5.41, 5.74) is 1.31. The maximum absolute atomic E-state index is 12.8. The van der Waals surface area contributed by atoms with Crippen molar-refractivity contribution in [2.75, 3.05) is 26.6 Å². The van der Waals surface area contributed by atoms with Gasteiger partial charge >= 0.3 is 0 Å². The molecule has 3 aliphatic rings. The van der Waals surface area contributed by atoms with E-state index in [4.69, 9.17) is 26.4 Å². The normalized spacial score (nSPS) is 27.3. The Kier molecular flexibility index (Phi) is 4.56. The third kappa shape index (κ3) is 3.40. The van der Waals surface area contributed by atoms with Gasteiger partial charge in [0.25, 0.3) is 5.91 Å². The van der Waals surface area contributed by atoms with E-state index >= 15 is 0 Å². The average molecular weight is 375 g/mol. The summed E-state index contributed by atoms with van der Waals surface area (Å²) in [6.45, 7) is 6.31. The van der Waals surface area contributed by atoms with Crippen molar-refractivity contribution in [3.05, 3.63) is 29.5 Å². The van der Waals surface area contributed by atoms with Crippen molar-refractivity contribution in [3.8, 4) is 11.5 Å². The summed E-state index contributed by atoms with van der Waals surface area (Å²) in [7, 11) is 0. The van der Waals surface area contributed by atoms with E-state index in [0.717, 1.165) is 18.7 Å². The molecule has 26 heavy (non-hydrogen) atoms. The van der Waals surface area contributed by atoms with Gasteiger partial charge in [0, 0.05) is 13.1 Å². The lowest BCUT2D eigenvalue weighted by Crippen LogP contribution is -2.51. The van der Waals surface area contributed by atoms with Crippen molar-refractivity contribution in [3.63, 3.8) is 0 Å². The second kappa shape index (κ2) is 6.86. The van der Waals surface area contributed by atoms with Crippen LogP contribution in [0.2, 0.25) is 0 Å². The number of thiocarbonyl (C=S) groups is 1. The van der Waals surface area contributed by atoms with Gasteiger partial charge in [-0.05, 0) is 49.8 Å². The van der Waals surface area contributed by atoms with Gasteiger partial charge in [0.15, 0.2) is 16.6 Å².